The van der Waals surface area contributed by atoms with Crippen molar-refractivity contribution in [1.82, 2.24) is 20.2 Å². The lowest BCUT2D eigenvalue weighted by Crippen LogP contribution is -2.30. The molecule has 3 aromatic rings. The van der Waals surface area contributed by atoms with E-state index in [1.807, 2.05) is 35.8 Å². The van der Waals surface area contributed by atoms with E-state index in [9.17, 15) is 9.59 Å². The molecule has 0 bridgehead atoms. The molecule has 164 valence electrons. The van der Waals surface area contributed by atoms with Crippen molar-refractivity contribution < 1.29 is 14.3 Å². The van der Waals surface area contributed by atoms with Gasteiger partial charge in [-0.25, -0.2) is 4.98 Å². The number of para-hydroxylation sites is 2. The van der Waals surface area contributed by atoms with E-state index in [1.165, 1.54) is 0 Å². The van der Waals surface area contributed by atoms with Crippen LogP contribution in [-0.4, -0.2) is 47.7 Å². The molecular weight excluding hydrogens is 416 g/mol. The van der Waals surface area contributed by atoms with Gasteiger partial charge in [-0.3, -0.25) is 9.59 Å². The maximum absolute atomic E-state index is 12.5. The molecular formula is C23H27ClN4O3. The molecule has 0 spiro atoms. The zero-order valence-electron chi connectivity index (χ0n) is 17.6. The summed E-state index contributed by atoms with van der Waals surface area (Å²) in [6.07, 6.45) is 1.26. The minimum atomic E-state index is -0.236. The molecule has 2 aromatic carbocycles. The first-order valence-corrected chi connectivity index (χ1v) is 10.8. The molecule has 0 aliphatic heterocycles. The van der Waals surface area contributed by atoms with E-state index in [-0.39, 0.29) is 18.4 Å². The minimum Gasteiger partial charge on any atom is -0.382 e. The van der Waals surface area contributed by atoms with Gasteiger partial charge in [0.2, 0.25) is 5.91 Å². The maximum atomic E-state index is 12.5. The summed E-state index contributed by atoms with van der Waals surface area (Å²) in [5.41, 5.74) is 2.14. The fourth-order valence-electron chi connectivity index (χ4n) is 3.27. The highest BCUT2D eigenvalue weighted by atomic mass is 35.5. The van der Waals surface area contributed by atoms with Crippen LogP contribution in [0, 0.1) is 0 Å². The normalized spacial score (nSPS) is 10.9. The zero-order valence-corrected chi connectivity index (χ0v) is 18.3. The summed E-state index contributed by atoms with van der Waals surface area (Å²) in [7, 11) is 0. The lowest BCUT2D eigenvalue weighted by molar-refractivity contribution is -0.121. The van der Waals surface area contributed by atoms with Gasteiger partial charge in [-0.1, -0.05) is 35.9 Å². The largest absolute Gasteiger partial charge is 0.382 e. The van der Waals surface area contributed by atoms with Crippen molar-refractivity contribution in [3.63, 3.8) is 0 Å². The topological polar surface area (TPSA) is 85.2 Å². The van der Waals surface area contributed by atoms with E-state index in [0.29, 0.717) is 43.3 Å². The van der Waals surface area contributed by atoms with Crippen molar-refractivity contribution in [1.29, 1.82) is 0 Å². The Labute approximate surface area is 186 Å². The predicted octanol–water partition coefficient (Wildman–Crippen LogP) is 3.21. The second-order valence-corrected chi connectivity index (χ2v) is 7.40. The Morgan fingerprint density at radius 2 is 1.84 bits per heavy atom. The molecule has 31 heavy (non-hydrogen) atoms. The third-order valence-corrected chi connectivity index (χ3v) is 5.11. The average molecular weight is 443 g/mol. The fourth-order valence-corrected chi connectivity index (χ4v) is 3.49. The van der Waals surface area contributed by atoms with Gasteiger partial charge in [0.25, 0.3) is 5.91 Å². The number of nitrogens with one attached hydrogen (secondary N) is 2. The summed E-state index contributed by atoms with van der Waals surface area (Å²) in [6.45, 7) is 4.36. The van der Waals surface area contributed by atoms with Crippen LogP contribution in [0.4, 0.5) is 0 Å². The van der Waals surface area contributed by atoms with Crippen molar-refractivity contribution in [2.75, 3.05) is 26.3 Å². The molecule has 0 fully saturated rings. The number of aromatic nitrogens is 2. The summed E-state index contributed by atoms with van der Waals surface area (Å²) in [4.78, 5) is 29.5. The van der Waals surface area contributed by atoms with E-state index in [1.54, 1.807) is 24.3 Å². The van der Waals surface area contributed by atoms with Crippen LogP contribution in [0.25, 0.3) is 11.0 Å². The first kappa shape index (κ1) is 22.8. The Morgan fingerprint density at radius 3 is 2.65 bits per heavy atom. The number of benzene rings is 2. The van der Waals surface area contributed by atoms with Crippen molar-refractivity contribution in [2.45, 2.75) is 26.3 Å². The zero-order chi connectivity index (χ0) is 22.1. The molecule has 1 aromatic heterocycles. The number of hydrogen-bond donors (Lipinski definition) is 2. The number of fused-ring (bicyclic) bond motifs is 1. The highest BCUT2D eigenvalue weighted by Crippen LogP contribution is 2.17. The fraction of sp³-hybridized carbons (Fsp3) is 0.348. The number of hydrogen-bond acceptors (Lipinski definition) is 4. The Bertz CT molecular complexity index is 1030. The molecule has 7 nitrogen and oxygen atoms in total. The molecule has 0 saturated carbocycles. The van der Waals surface area contributed by atoms with Crippen LogP contribution in [0.1, 0.15) is 29.5 Å². The molecule has 0 aliphatic rings. The average Bonchev–Trinajstić information content (AvgIpc) is 3.11. The van der Waals surface area contributed by atoms with Crippen molar-refractivity contribution in [2.24, 2.45) is 0 Å². The molecule has 0 atom stereocenters. The van der Waals surface area contributed by atoms with E-state index >= 15 is 0 Å². The summed E-state index contributed by atoms with van der Waals surface area (Å²) < 4.78 is 7.19. The number of carbonyl (C=O) groups is 2. The van der Waals surface area contributed by atoms with E-state index in [2.05, 4.69) is 15.6 Å². The highest BCUT2D eigenvalue weighted by molar-refractivity contribution is 6.33. The Balaban J connectivity index is 1.63. The Morgan fingerprint density at radius 1 is 1.06 bits per heavy atom. The predicted molar refractivity (Wildman–Crippen MR) is 121 cm³/mol. The van der Waals surface area contributed by atoms with E-state index in [4.69, 9.17) is 16.3 Å². The SMILES string of the molecule is CCOCCCNC(=O)Cn1c(CCNC(=O)c2ccccc2Cl)nc2ccccc21. The quantitative estimate of drug-likeness (QED) is 0.446. The molecule has 0 unspecified atom stereocenters. The Kier molecular flexibility index (Phi) is 8.44. The second kappa shape index (κ2) is 11.5. The number of nitrogens with zero attached hydrogens (tertiary/aromatic N) is 2. The summed E-state index contributed by atoms with van der Waals surface area (Å²) >= 11 is 6.09. The molecule has 0 saturated heterocycles. The van der Waals surface area contributed by atoms with Gasteiger partial charge in [0, 0.05) is 32.7 Å². The minimum absolute atomic E-state index is 0.0824. The Hall–Kier alpha value is -2.90. The maximum Gasteiger partial charge on any atom is 0.252 e. The van der Waals surface area contributed by atoms with Crippen molar-refractivity contribution >= 4 is 34.4 Å². The summed E-state index contributed by atoms with van der Waals surface area (Å²) in [6, 6.07) is 14.6. The van der Waals surface area contributed by atoms with Crippen LogP contribution >= 0.6 is 11.6 Å². The molecule has 0 radical (unpaired) electrons. The van der Waals surface area contributed by atoms with Gasteiger partial charge in [-0.2, -0.15) is 0 Å². The number of carbonyl (C=O) groups excluding carboxylic acids is 2. The number of halogens is 1. The van der Waals surface area contributed by atoms with Gasteiger partial charge in [0.05, 0.1) is 21.6 Å². The van der Waals surface area contributed by atoms with Crippen molar-refractivity contribution in [3.05, 3.63) is 64.9 Å². The molecule has 2 N–H and O–H groups in total. The van der Waals surface area contributed by atoms with Crippen LogP contribution in [0.5, 0.6) is 0 Å². The third-order valence-electron chi connectivity index (χ3n) is 4.78. The summed E-state index contributed by atoms with van der Waals surface area (Å²) in [5, 5.41) is 6.21. The van der Waals surface area contributed by atoms with Gasteiger partial charge in [-0.05, 0) is 37.6 Å². The van der Waals surface area contributed by atoms with Gasteiger partial charge >= 0.3 is 0 Å². The molecule has 2 amide bonds. The molecule has 8 heteroatoms. The van der Waals surface area contributed by atoms with Crippen LogP contribution in [-0.2, 0) is 22.5 Å². The van der Waals surface area contributed by atoms with Crippen molar-refractivity contribution in [3.8, 4) is 0 Å². The first-order valence-electron chi connectivity index (χ1n) is 10.4. The van der Waals surface area contributed by atoms with E-state index in [0.717, 1.165) is 23.3 Å². The smallest absolute Gasteiger partial charge is 0.252 e. The third kappa shape index (κ3) is 6.29. The molecule has 0 aliphatic carbocycles. The molecule has 1 heterocycles. The molecule has 3 rings (SSSR count). The van der Waals surface area contributed by atoms with Gasteiger partial charge in [0.1, 0.15) is 12.4 Å². The van der Waals surface area contributed by atoms with Gasteiger partial charge in [0.15, 0.2) is 0 Å². The standard InChI is InChI=1S/C23H27ClN4O3/c1-2-31-15-7-13-25-22(29)16-28-20-11-6-5-10-19(20)27-21(28)12-14-26-23(30)17-8-3-4-9-18(17)24/h3-6,8-11H,2,7,12-16H2,1H3,(H,25,29)(H,26,30). The van der Waals surface area contributed by atoms with Crippen LogP contribution in [0.2, 0.25) is 5.02 Å². The van der Waals surface area contributed by atoms with E-state index < -0.39 is 0 Å². The van der Waals surface area contributed by atoms with Crippen LogP contribution < -0.4 is 10.6 Å². The van der Waals surface area contributed by atoms with Gasteiger partial charge in [-0.15, -0.1) is 0 Å². The number of imidazole rings is 1. The highest BCUT2D eigenvalue weighted by Gasteiger charge is 2.14. The number of ether oxygens (including phenoxy) is 1. The van der Waals surface area contributed by atoms with Crippen LogP contribution in [0.15, 0.2) is 48.5 Å². The first-order chi connectivity index (χ1) is 15.1. The summed E-state index contributed by atoms with van der Waals surface area (Å²) in [5.74, 6) is 0.423. The monoisotopic (exact) mass is 442 g/mol. The van der Waals surface area contributed by atoms with Gasteiger partial charge < -0.3 is 19.9 Å². The van der Waals surface area contributed by atoms with Crippen LogP contribution in [0.3, 0.4) is 0 Å². The lowest BCUT2D eigenvalue weighted by Gasteiger charge is -2.11. The second-order valence-electron chi connectivity index (χ2n) is 6.99. The lowest BCUT2D eigenvalue weighted by atomic mass is 10.2. The number of rotatable bonds is 11. The number of amides is 2.